The topological polar surface area (TPSA) is 86.3 Å². The summed E-state index contributed by atoms with van der Waals surface area (Å²) in [7, 11) is -3.80. The summed E-state index contributed by atoms with van der Waals surface area (Å²) in [6.45, 7) is 3.40. The van der Waals surface area contributed by atoms with Crippen LogP contribution in [0.25, 0.3) is 0 Å². The van der Waals surface area contributed by atoms with Gasteiger partial charge in [-0.1, -0.05) is 24.6 Å². The first-order valence-electron chi connectivity index (χ1n) is 5.16. The molecular weight excluding hydrogens is 242 g/mol. The number of carboxylic acids is 1. The largest absolute Gasteiger partial charge is 0.548 e. The normalized spacial score (nSPS) is 13.3. The van der Waals surface area contributed by atoms with Crippen LogP contribution in [0.15, 0.2) is 29.2 Å². The summed E-state index contributed by atoms with van der Waals surface area (Å²) in [5, 5.41) is 10.7. The van der Waals surface area contributed by atoms with Gasteiger partial charge in [-0.2, -0.15) is 0 Å². The zero-order chi connectivity index (χ0) is 13.1. The van der Waals surface area contributed by atoms with Crippen molar-refractivity contribution in [3.63, 3.8) is 0 Å². The number of nitrogens with one attached hydrogen (secondary N) is 1. The van der Waals surface area contributed by atoms with Gasteiger partial charge in [0.05, 0.1) is 16.9 Å². The number of rotatable bonds is 5. The first-order chi connectivity index (χ1) is 7.86. The Labute approximate surface area is 101 Å². The molecule has 0 aliphatic carbocycles. The second-order valence-corrected chi connectivity index (χ2v) is 5.43. The fraction of sp³-hybridized carbons (Fsp3) is 0.364. The minimum absolute atomic E-state index is 0.0443. The Balaban J connectivity index is 2.96. The Morgan fingerprint density at radius 2 is 1.88 bits per heavy atom. The molecule has 0 aliphatic heterocycles. The number of aliphatic carboxylic acids is 1. The number of aryl methyl sites for hydroxylation is 1. The highest BCUT2D eigenvalue weighted by molar-refractivity contribution is 7.89. The van der Waals surface area contributed by atoms with Gasteiger partial charge >= 0.3 is 0 Å². The van der Waals surface area contributed by atoms with Crippen molar-refractivity contribution in [3.8, 4) is 0 Å². The van der Waals surface area contributed by atoms with Crippen LogP contribution in [0.3, 0.4) is 0 Å². The van der Waals surface area contributed by atoms with Gasteiger partial charge in [-0.05, 0) is 25.5 Å². The molecule has 0 spiro atoms. The molecule has 17 heavy (non-hydrogen) atoms. The van der Waals surface area contributed by atoms with Gasteiger partial charge in [0.15, 0.2) is 0 Å². The molecule has 0 bridgehead atoms. The van der Waals surface area contributed by atoms with E-state index in [4.69, 9.17) is 0 Å². The summed E-state index contributed by atoms with van der Waals surface area (Å²) in [4.78, 5) is 10.7. The van der Waals surface area contributed by atoms with E-state index < -0.39 is 22.0 Å². The summed E-state index contributed by atoms with van der Waals surface area (Å²) in [6, 6.07) is 4.95. The zero-order valence-electron chi connectivity index (χ0n) is 9.64. The highest BCUT2D eigenvalue weighted by Crippen LogP contribution is 2.10. The molecule has 0 heterocycles. The summed E-state index contributed by atoms with van der Waals surface area (Å²) in [6.07, 6.45) is 0.132. The lowest BCUT2D eigenvalue weighted by atomic mass is 10.2. The Morgan fingerprint density at radius 3 is 2.29 bits per heavy atom. The number of carboxylic acid groups (broad SMARTS) is 1. The van der Waals surface area contributed by atoms with Crippen LogP contribution in [-0.4, -0.2) is 20.4 Å². The average Bonchev–Trinajstić information content (AvgIpc) is 2.26. The molecule has 94 valence electrons. The quantitative estimate of drug-likeness (QED) is 0.790. The van der Waals surface area contributed by atoms with Crippen LogP contribution >= 0.6 is 0 Å². The van der Waals surface area contributed by atoms with E-state index in [0.29, 0.717) is 0 Å². The predicted octanol–water partition coefficient (Wildman–Crippen LogP) is -0.198. The molecule has 1 unspecified atom stereocenters. The fourth-order valence-corrected chi connectivity index (χ4v) is 2.54. The molecule has 1 rings (SSSR count). The van der Waals surface area contributed by atoms with Gasteiger partial charge in [-0.3, -0.25) is 0 Å². The molecule has 0 saturated heterocycles. The van der Waals surface area contributed by atoms with Gasteiger partial charge < -0.3 is 9.90 Å². The maximum Gasteiger partial charge on any atom is 0.241 e. The number of carbonyl (C=O) groups is 1. The maximum atomic E-state index is 11.8. The molecule has 1 atom stereocenters. The van der Waals surface area contributed by atoms with E-state index >= 15 is 0 Å². The SMILES string of the molecule is CCC(NS(=O)(=O)c1ccc(C)cc1)C(=O)[O-]. The smallest absolute Gasteiger partial charge is 0.241 e. The Bertz CT molecular complexity index is 493. The lowest BCUT2D eigenvalue weighted by Gasteiger charge is -2.17. The van der Waals surface area contributed by atoms with Crippen LogP contribution in [0.1, 0.15) is 18.9 Å². The molecule has 6 heteroatoms. The molecule has 0 saturated carbocycles. The lowest BCUT2D eigenvalue weighted by molar-refractivity contribution is -0.308. The minimum atomic E-state index is -3.80. The van der Waals surface area contributed by atoms with Gasteiger partial charge in [-0.25, -0.2) is 13.1 Å². The van der Waals surface area contributed by atoms with Crippen molar-refractivity contribution in [1.82, 2.24) is 4.72 Å². The molecule has 0 radical (unpaired) electrons. The van der Waals surface area contributed by atoms with E-state index in [-0.39, 0.29) is 11.3 Å². The van der Waals surface area contributed by atoms with Crippen molar-refractivity contribution in [2.75, 3.05) is 0 Å². The van der Waals surface area contributed by atoms with Gasteiger partial charge in [0, 0.05) is 0 Å². The molecule has 1 aromatic carbocycles. The third kappa shape index (κ3) is 3.54. The first-order valence-corrected chi connectivity index (χ1v) is 6.65. The van der Waals surface area contributed by atoms with Crippen molar-refractivity contribution >= 4 is 16.0 Å². The van der Waals surface area contributed by atoms with Crippen LogP contribution in [0.5, 0.6) is 0 Å². The maximum absolute atomic E-state index is 11.8. The summed E-state index contributed by atoms with van der Waals surface area (Å²) < 4.78 is 25.7. The van der Waals surface area contributed by atoms with Gasteiger partial charge in [0.25, 0.3) is 0 Å². The van der Waals surface area contributed by atoms with Crippen LogP contribution in [0.2, 0.25) is 0 Å². The monoisotopic (exact) mass is 256 g/mol. The van der Waals surface area contributed by atoms with Crippen LogP contribution in [0.4, 0.5) is 0 Å². The van der Waals surface area contributed by atoms with E-state index in [1.165, 1.54) is 12.1 Å². The summed E-state index contributed by atoms with van der Waals surface area (Å²) in [5.74, 6) is -1.43. The van der Waals surface area contributed by atoms with Crippen molar-refractivity contribution in [3.05, 3.63) is 29.8 Å². The molecule has 0 aliphatic rings. The fourth-order valence-electron chi connectivity index (χ4n) is 1.27. The summed E-state index contributed by atoms with van der Waals surface area (Å²) in [5.41, 5.74) is 0.927. The molecule has 1 aromatic rings. The van der Waals surface area contributed by atoms with Crippen molar-refractivity contribution in [2.24, 2.45) is 0 Å². The van der Waals surface area contributed by atoms with E-state index in [1.54, 1.807) is 19.1 Å². The Morgan fingerprint density at radius 1 is 1.35 bits per heavy atom. The number of benzene rings is 1. The van der Waals surface area contributed by atoms with E-state index in [1.807, 2.05) is 6.92 Å². The van der Waals surface area contributed by atoms with E-state index in [0.717, 1.165) is 5.56 Å². The van der Waals surface area contributed by atoms with E-state index in [2.05, 4.69) is 4.72 Å². The van der Waals surface area contributed by atoms with Crippen LogP contribution in [0, 0.1) is 6.92 Å². The van der Waals surface area contributed by atoms with E-state index in [9.17, 15) is 18.3 Å². The Hall–Kier alpha value is -1.40. The first kappa shape index (κ1) is 13.7. The highest BCUT2D eigenvalue weighted by atomic mass is 32.2. The molecule has 5 nitrogen and oxygen atoms in total. The Kier molecular flexibility index (Phi) is 4.25. The highest BCUT2D eigenvalue weighted by Gasteiger charge is 2.19. The van der Waals surface area contributed by atoms with Gasteiger partial charge in [-0.15, -0.1) is 0 Å². The predicted molar refractivity (Wildman–Crippen MR) is 60.6 cm³/mol. The average molecular weight is 256 g/mol. The number of carbonyl (C=O) groups excluding carboxylic acids is 1. The molecule has 0 fully saturated rings. The second-order valence-electron chi connectivity index (χ2n) is 3.71. The summed E-state index contributed by atoms with van der Waals surface area (Å²) >= 11 is 0. The molecular formula is C11H14NO4S-. The number of hydrogen-bond acceptors (Lipinski definition) is 4. The van der Waals surface area contributed by atoms with Gasteiger partial charge in [0.1, 0.15) is 0 Å². The standard InChI is InChI=1S/C11H15NO4S/c1-3-10(11(13)14)12-17(15,16)9-6-4-8(2)5-7-9/h4-7,10,12H,3H2,1-2H3,(H,13,14)/p-1. The van der Waals surface area contributed by atoms with Crippen LogP contribution < -0.4 is 9.83 Å². The molecule has 0 aromatic heterocycles. The van der Waals surface area contributed by atoms with Crippen molar-refractivity contribution in [1.29, 1.82) is 0 Å². The van der Waals surface area contributed by atoms with Crippen molar-refractivity contribution in [2.45, 2.75) is 31.2 Å². The van der Waals surface area contributed by atoms with Crippen LogP contribution in [-0.2, 0) is 14.8 Å². The third-order valence-corrected chi connectivity index (χ3v) is 3.81. The zero-order valence-corrected chi connectivity index (χ0v) is 10.5. The number of sulfonamides is 1. The minimum Gasteiger partial charge on any atom is -0.548 e. The third-order valence-electron chi connectivity index (χ3n) is 2.32. The van der Waals surface area contributed by atoms with Gasteiger partial charge in [0.2, 0.25) is 10.0 Å². The second kappa shape index (κ2) is 5.29. The van der Waals surface area contributed by atoms with Crippen molar-refractivity contribution < 1.29 is 18.3 Å². The number of hydrogen-bond donors (Lipinski definition) is 1. The molecule has 0 amide bonds. The lowest BCUT2D eigenvalue weighted by Crippen LogP contribution is -2.47. The molecule has 1 N–H and O–H groups in total.